The van der Waals surface area contributed by atoms with Crippen LogP contribution in [0, 0.1) is 0 Å². The van der Waals surface area contributed by atoms with E-state index >= 15 is 0 Å². The Balaban J connectivity index is 1.31. The van der Waals surface area contributed by atoms with E-state index in [1.807, 2.05) is 66.7 Å². The van der Waals surface area contributed by atoms with Gasteiger partial charge in [-0.2, -0.15) is 0 Å². The molecule has 6 heteroatoms. The van der Waals surface area contributed by atoms with Crippen molar-refractivity contribution in [1.82, 2.24) is 5.32 Å². The molecule has 0 bridgehead atoms. The van der Waals surface area contributed by atoms with E-state index in [9.17, 15) is 9.59 Å². The number of benzene rings is 4. The summed E-state index contributed by atoms with van der Waals surface area (Å²) in [7, 11) is 0. The molecule has 0 aliphatic rings. The molecule has 0 saturated carbocycles. The summed E-state index contributed by atoms with van der Waals surface area (Å²) >= 11 is 0. The number of amides is 2. The second kappa shape index (κ2) is 9.50. The first-order chi connectivity index (χ1) is 16.7. The summed E-state index contributed by atoms with van der Waals surface area (Å²) in [5.41, 5.74) is 2.42. The highest BCUT2D eigenvalue weighted by molar-refractivity contribution is 6.17. The Morgan fingerprint density at radius 1 is 0.706 bits per heavy atom. The Hall–Kier alpha value is -4.58. The molecule has 5 aromatic rings. The van der Waals surface area contributed by atoms with E-state index in [0.29, 0.717) is 35.5 Å². The van der Waals surface area contributed by atoms with Crippen molar-refractivity contribution in [3.63, 3.8) is 0 Å². The maximum absolute atomic E-state index is 13.2. The number of furan rings is 1. The van der Waals surface area contributed by atoms with Crippen LogP contribution in [0.1, 0.15) is 20.7 Å². The van der Waals surface area contributed by atoms with Gasteiger partial charge in [-0.25, -0.2) is 0 Å². The van der Waals surface area contributed by atoms with Gasteiger partial charge in [0.15, 0.2) is 0 Å². The molecule has 6 nitrogen and oxygen atoms in total. The van der Waals surface area contributed by atoms with E-state index in [0.717, 1.165) is 22.1 Å². The number of carbonyl (C=O) groups excluding carboxylic acids is 2. The van der Waals surface area contributed by atoms with Crippen molar-refractivity contribution in [2.24, 2.45) is 0 Å². The number of ether oxygens (including phenoxy) is 1. The highest BCUT2D eigenvalue weighted by atomic mass is 16.5. The molecule has 0 atom stereocenters. The minimum atomic E-state index is -0.350. The Morgan fingerprint density at radius 2 is 1.41 bits per heavy atom. The van der Waals surface area contributed by atoms with E-state index < -0.39 is 0 Å². The Morgan fingerprint density at radius 3 is 2.29 bits per heavy atom. The maximum atomic E-state index is 13.2. The molecule has 34 heavy (non-hydrogen) atoms. The number of anilines is 1. The molecule has 0 saturated heterocycles. The van der Waals surface area contributed by atoms with Crippen molar-refractivity contribution in [3.8, 4) is 5.75 Å². The van der Waals surface area contributed by atoms with Crippen LogP contribution in [0.15, 0.2) is 101 Å². The van der Waals surface area contributed by atoms with Crippen molar-refractivity contribution in [2.75, 3.05) is 18.5 Å². The van der Waals surface area contributed by atoms with Crippen molar-refractivity contribution in [1.29, 1.82) is 0 Å². The molecule has 1 heterocycles. The van der Waals surface area contributed by atoms with Gasteiger partial charge in [0.25, 0.3) is 11.8 Å². The summed E-state index contributed by atoms with van der Waals surface area (Å²) in [6.45, 7) is 0.659. The van der Waals surface area contributed by atoms with E-state index in [1.165, 1.54) is 0 Å². The van der Waals surface area contributed by atoms with Gasteiger partial charge in [0.2, 0.25) is 0 Å². The van der Waals surface area contributed by atoms with E-state index in [2.05, 4.69) is 10.6 Å². The van der Waals surface area contributed by atoms with Gasteiger partial charge in [0.1, 0.15) is 23.5 Å². The third kappa shape index (κ3) is 4.34. The number of carbonyl (C=O) groups is 2. The van der Waals surface area contributed by atoms with Gasteiger partial charge in [-0.1, -0.05) is 60.7 Å². The van der Waals surface area contributed by atoms with Crippen LogP contribution in [0.2, 0.25) is 0 Å². The normalized spacial score (nSPS) is 10.8. The minimum absolute atomic E-state index is 0.297. The second-order valence-corrected chi connectivity index (χ2v) is 7.70. The first-order valence-corrected chi connectivity index (χ1v) is 11.0. The molecular weight excluding hydrogens is 428 g/mol. The summed E-state index contributed by atoms with van der Waals surface area (Å²) in [4.78, 5) is 26.0. The number of rotatable bonds is 7. The van der Waals surface area contributed by atoms with E-state index in [-0.39, 0.29) is 11.8 Å². The summed E-state index contributed by atoms with van der Waals surface area (Å²) in [5, 5.41) is 7.52. The molecule has 0 radical (unpaired) electrons. The molecule has 0 fully saturated rings. The molecule has 5 rings (SSSR count). The van der Waals surface area contributed by atoms with Gasteiger partial charge < -0.3 is 19.8 Å². The van der Waals surface area contributed by atoms with Crippen LogP contribution in [0.3, 0.4) is 0 Å². The molecule has 0 aliphatic heterocycles. The van der Waals surface area contributed by atoms with Crippen LogP contribution in [0.4, 0.5) is 5.69 Å². The Bertz CT molecular complexity index is 1470. The smallest absolute Gasteiger partial charge is 0.259 e. The molecule has 2 N–H and O–H groups in total. The van der Waals surface area contributed by atoms with Gasteiger partial charge >= 0.3 is 0 Å². The highest BCUT2D eigenvalue weighted by Gasteiger charge is 2.18. The number of fused-ring (bicyclic) bond motifs is 3. The van der Waals surface area contributed by atoms with Crippen molar-refractivity contribution < 1.29 is 18.7 Å². The molecule has 168 valence electrons. The molecule has 1 aromatic heterocycles. The Labute approximate surface area is 196 Å². The van der Waals surface area contributed by atoms with Gasteiger partial charge in [-0.3, -0.25) is 9.59 Å². The van der Waals surface area contributed by atoms with Gasteiger partial charge in [0.05, 0.1) is 23.4 Å². The summed E-state index contributed by atoms with van der Waals surface area (Å²) in [6, 6.07) is 29.4. The van der Waals surface area contributed by atoms with Crippen LogP contribution in [-0.2, 0) is 0 Å². The average Bonchev–Trinajstić information content (AvgIpc) is 3.26. The Kier molecular flexibility index (Phi) is 5.95. The molecule has 2 amide bonds. The number of hydrogen-bond donors (Lipinski definition) is 2. The first kappa shape index (κ1) is 21.3. The van der Waals surface area contributed by atoms with Crippen molar-refractivity contribution >= 4 is 39.4 Å². The topological polar surface area (TPSA) is 80.6 Å². The number of para-hydroxylation sites is 4. The zero-order valence-electron chi connectivity index (χ0n) is 18.3. The van der Waals surface area contributed by atoms with Crippen LogP contribution in [0.25, 0.3) is 21.9 Å². The number of hydrogen-bond acceptors (Lipinski definition) is 4. The van der Waals surface area contributed by atoms with Crippen LogP contribution in [0.5, 0.6) is 5.75 Å². The van der Waals surface area contributed by atoms with E-state index in [1.54, 1.807) is 30.3 Å². The van der Waals surface area contributed by atoms with Crippen molar-refractivity contribution in [2.45, 2.75) is 0 Å². The summed E-state index contributed by atoms with van der Waals surface area (Å²) in [5.74, 6) is 0.0935. The lowest BCUT2D eigenvalue weighted by Gasteiger charge is -2.12. The number of nitrogens with one attached hydrogen (secondary N) is 2. The third-order valence-corrected chi connectivity index (χ3v) is 5.47. The maximum Gasteiger partial charge on any atom is 0.259 e. The van der Waals surface area contributed by atoms with Crippen LogP contribution >= 0.6 is 0 Å². The van der Waals surface area contributed by atoms with Gasteiger partial charge in [-0.15, -0.1) is 0 Å². The summed E-state index contributed by atoms with van der Waals surface area (Å²) < 4.78 is 11.6. The monoisotopic (exact) mass is 450 g/mol. The molecule has 4 aromatic carbocycles. The molecule has 0 unspecified atom stereocenters. The zero-order valence-corrected chi connectivity index (χ0v) is 18.3. The lowest BCUT2D eigenvalue weighted by Crippen LogP contribution is -2.29. The van der Waals surface area contributed by atoms with Crippen LogP contribution in [-0.4, -0.2) is 25.0 Å². The first-order valence-electron chi connectivity index (χ1n) is 11.0. The SMILES string of the molecule is O=C(NCCOc1ccccc1)c1ccccc1NC(=O)c1cccc2c1oc1ccccc12. The fourth-order valence-electron chi connectivity index (χ4n) is 3.85. The fraction of sp³-hybridized carbons (Fsp3) is 0.0714. The lowest BCUT2D eigenvalue weighted by molar-refractivity contribution is 0.0948. The predicted molar refractivity (Wildman–Crippen MR) is 132 cm³/mol. The average molecular weight is 450 g/mol. The predicted octanol–water partition coefficient (Wildman–Crippen LogP) is 5.65. The van der Waals surface area contributed by atoms with Gasteiger partial charge in [0, 0.05) is 10.8 Å². The minimum Gasteiger partial charge on any atom is -0.492 e. The molecule has 0 spiro atoms. The van der Waals surface area contributed by atoms with Gasteiger partial charge in [-0.05, 0) is 36.4 Å². The highest BCUT2D eigenvalue weighted by Crippen LogP contribution is 2.31. The second-order valence-electron chi connectivity index (χ2n) is 7.70. The fourth-order valence-corrected chi connectivity index (χ4v) is 3.85. The summed E-state index contributed by atoms with van der Waals surface area (Å²) in [6.07, 6.45) is 0. The molecule has 0 aliphatic carbocycles. The third-order valence-electron chi connectivity index (χ3n) is 5.47. The lowest BCUT2D eigenvalue weighted by atomic mass is 10.1. The largest absolute Gasteiger partial charge is 0.492 e. The van der Waals surface area contributed by atoms with Crippen LogP contribution < -0.4 is 15.4 Å². The van der Waals surface area contributed by atoms with Crippen molar-refractivity contribution in [3.05, 3.63) is 108 Å². The quantitative estimate of drug-likeness (QED) is 0.314. The molecular formula is C28H22N2O4. The van der Waals surface area contributed by atoms with E-state index in [4.69, 9.17) is 9.15 Å². The standard InChI is InChI=1S/C28H22N2O4/c31-27(29-17-18-33-19-9-2-1-3-10-19)22-12-4-6-15-24(22)30-28(32)23-14-8-13-21-20-11-5-7-16-25(20)34-26(21)23/h1-16H,17-18H2,(H,29,31)(H,30,32). The zero-order chi connectivity index (χ0) is 23.3.